The monoisotopic (exact) mass is 450 g/mol. The van der Waals surface area contributed by atoms with Gasteiger partial charge in [0.2, 0.25) is 0 Å². The first-order chi connectivity index (χ1) is 16.2. The number of carbonyl (C=O) groups excluding carboxylic acids is 1. The normalized spacial score (nSPS) is 11.3. The Balaban J connectivity index is 1.50. The Bertz CT molecular complexity index is 810. The van der Waals surface area contributed by atoms with Gasteiger partial charge in [0.1, 0.15) is 12.3 Å². The molecule has 180 valence electrons. The van der Waals surface area contributed by atoms with Crippen molar-refractivity contribution in [3.63, 3.8) is 0 Å². The minimum absolute atomic E-state index is 0.106. The van der Waals surface area contributed by atoms with Gasteiger partial charge in [-0.3, -0.25) is 4.79 Å². The van der Waals surface area contributed by atoms with E-state index >= 15 is 0 Å². The molecule has 0 aliphatic heterocycles. The molecule has 3 heteroatoms. The maximum absolute atomic E-state index is 12.2. The summed E-state index contributed by atoms with van der Waals surface area (Å²) in [6.07, 6.45) is 26.9. The highest BCUT2D eigenvalue weighted by molar-refractivity contribution is 6.06. The van der Waals surface area contributed by atoms with Crippen LogP contribution in [0.1, 0.15) is 113 Å². The van der Waals surface area contributed by atoms with E-state index in [9.17, 15) is 9.90 Å². The predicted molar refractivity (Wildman–Crippen MR) is 138 cm³/mol. The Morgan fingerprint density at radius 1 is 0.788 bits per heavy atom. The number of hydrogen-bond donors (Lipinski definition) is 1. The van der Waals surface area contributed by atoms with Crippen LogP contribution in [0.4, 0.5) is 0 Å². The predicted octanol–water partition coefficient (Wildman–Crippen LogP) is 8.06. The molecule has 0 spiro atoms. The van der Waals surface area contributed by atoms with E-state index in [0.29, 0.717) is 5.56 Å². The molecule has 0 saturated heterocycles. The Morgan fingerprint density at radius 2 is 1.33 bits per heavy atom. The first kappa shape index (κ1) is 26.8. The number of carbonyl (C=O) groups is 1. The van der Waals surface area contributed by atoms with Crippen molar-refractivity contribution in [1.29, 1.82) is 0 Å². The van der Waals surface area contributed by atoms with E-state index in [4.69, 9.17) is 0 Å². The fourth-order valence-corrected chi connectivity index (χ4v) is 4.15. The van der Waals surface area contributed by atoms with Gasteiger partial charge in [-0.15, -0.1) is 0 Å². The number of aromatic nitrogens is 1. The first-order valence-corrected chi connectivity index (χ1v) is 13.2. The number of nitrogens with zero attached hydrogens (tertiary/aromatic N) is 1. The van der Waals surface area contributed by atoms with Crippen molar-refractivity contribution >= 4 is 11.9 Å². The summed E-state index contributed by atoms with van der Waals surface area (Å²) in [7, 11) is 0. The van der Waals surface area contributed by atoms with E-state index in [2.05, 4.69) is 23.9 Å². The van der Waals surface area contributed by atoms with Crippen LogP contribution < -0.4 is 4.57 Å². The largest absolute Gasteiger partial charge is 0.508 e. The Hall–Kier alpha value is -2.42. The zero-order chi connectivity index (χ0) is 23.6. The van der Waals surface area contributed by atoms with E-state index in [0.717, 1.165) is 12.1 Å². The van der Waals surface area contributed by atoms with Gasteiger partial charge in [0.05, 0.1) is 0 Å². The lowest BCUT2D eigenvalue weighted by Crippen LogP contribution is -2.32. The summed E-state index contributed by atoms with van der Waals surface area (Å²) in [5, 5.41) is 9.50. The van der Waals surface area contributed by atoms with Gasteiger partial charge < -0.3 is 5.11 Å². The number of aromatic hydroxyl groups is 1. The smallest absolute Gasteiger partial charge is 0.185 e. The topological polar surface area (TPSA) is 41.2 Å². The van der Waals surface area contributed by atoms with Gasteiger partial charge in [-0.1, -0.05) is 102 Å². The lowest BCUT2D eigenvalue weighted by atomic mass is 10.0. The highest BCUT2D eigenvalue weighted by atomic mass is 16.3. The minimum Gasteiger partial charge on any atom is -0.508 e. The number of rotatable bonds is 18. The third-order valence-corrected chi connectivity index (χ3v) is 6.24. The number of phenols is 1. The fraction of sp³-hybridized carbons (Fsp3) is 0.533. The molecule has 1 heterocycles. The molecule has 1 N–H and O–H groups in total. The quantitative estimate of drug-likeness (QED) is 0.108. The Kier molecular flexibility index (Phi) is 13.9. The lowest BCUT2D eigenvalue weighted by Gasteiger charge is -2.03. The molecule has 0 bridgehead atoms. The summed E-state index contributed by atoms with van der Waals surface area (Å²) in [5.74, 6) is 0.00328. The minimum atomic E-state index is -0.106. The molecule has 33 heavy (non-hydrogen) atoms. The van der Waals surface area contributed by atoms with Gasteiger partial charge in [0.25, 0.3) is 0 Å². The molecule has 0 radical (unpaired) electrons. The van der Waals surface area contributed by atoms with Crippen LogP contribution in [-0.2, 0) is 6.54 Å². The second-order valence-electron chi connectivity index (χ2n) is 9.21. The van der Waals surface area contributed by atoms with Crippen LogP contribution in [0.2, 0.25) is 0 Å². The summed E-state index contributed by atoms with van der Waals surface area (Å²) < 4.78 is 2.22. The van der Waals surface area contributed by atoms with Crippen LogP contribution in [0.25, 0.3) is 6.08 Å². The van der Waals surface area contributed by atoms with Crippen molar-refractivity contribution in [2.24, 2.45) is 0 Å². The third kappa shape index (κ3) is 12.4. The zero-order valence-electron chi connectivity index (χ0n) is 20.7. The number of pyridine rings is 1. The molecule has 0 unspecified atom stereocenters. The highest BCUT2D eigenvalue weighted by Crippen LogP contribution is 2.14. The lowest BCUT2D eigenvalue weighted by molar-refractivity contribution is -0.697. The van der Waals surface area contributed by atoms with Crippen molar-refractivity contribution in [3.8, 4) is 5.75 Å². The molecule has 0 fully saturated rings. The average Bonchev–Trinajstić information content (AvgIpc) is 2.83. The molecule has 2 aromatic rings. The number of phenolic OH excluding ortho intramolecular Hbond substituents is 1. The Labute approximate surface area is 201 Å². The molecule has 2 rings (SSSR count). The highest BCUT2D eigenvalue weighted by Gasteiger charge is 2.03. The summed E-state index contributed by atoms with van der Waals surface area (Å²) >= 11 is 0. The Morgan fingerprint density at radius 3 is 1.88 bits per heavy atom. The molecule has 0 aliphatic carbocycles. The van der Waals surface area contributed by atoms with E-state index in [-0.39, 0.29) is 11.5 Å². The van der Waals surface area contributed by atoms with Crippen LogP contribution in [0, 0.1) is 0 Å². The van der Waals surface area contributed by atoms with E-state index < -0.39 is 0 Å². The summed E-state index contributed by atoms with van der Waals surface area (Å²) in [6.45, 7) is 3.33. The molecule has 1 aromatic heterocycles. The number of unbranched alkanes of at least 4 members (excludes halogenated alkanes) is 13. The second kappa shape index (κ2) is 17.1. The number of hydrogen-bond acceptors (Lipinski definition) is 2. The number of benzene rings is 1. The molecule has 0 amide bonds. The van der Waals surface area contributed by atoms with Crippen LogP contribution >= 0.6 is 0 Å². The van der Waals surface area contributed by atoms with Gasteiger partial charge in [-0.05, 0) is 30.2 Å². The first-order valence-electron chi connectivity index (χ1n) is 13.2. The van der Waals surface area contributed by atoms with Crippen LogP contribution in [0.15, 0.2) is 54.9 Å². The van der Waals surface area contributed by atoms with Crippen LogP contribution in [0.5, 0.6) is 5.75 Å². The van der Waals surface area contributed by atoms with Crippen LogP contribution in [-0.4, -0.2) is 10.9 Å². The average molecular weight is 451 g/mol. The van der Waals surface area contributed by atoms with Gasteiger partial charge in [-0.2, -0.15) is 0 Å². The summed E-state index contributed by atoms with van der Waals surface area (Å²) in [4.78, 5) is 12.2. The number of aryl methyl sites for hydroxylation is 1. The van der Waals surface area contributed by atoms with E-state index in [1.807, 2.05) is 18.2 Å². The SMILES string of the molecule is CCCCCCCCCCCCCCCC[n+]1ccc(/C=C/C(=O)c2cccc(O)c2)cc1. The van der Waals surface area contributed by atoms with Gasteiger partial charge >= 0.3 is 0 Å². The van der Waals surface area contributed by atoms with E-state index in [1.54, 1.807) is 24.3 Å². The number of allylic oxidation sites excluding steroid dienone is 1. The summed E-state index contributed by atoms with van der Waals surface area (Å²) in [6, 6.07) is 10.5. The second-order valence-corrected chi connectivity index (χ2v) is 9.21. The van der Waals surface area contributed by atoms with Gasteiger partial charge in [0, 0.05) is 24.1 Å². The molecular weight excluding hydrogens is 406 g/mol. The van der Waals surface area contributed by atoms with Gasteiger partial charge in [0.15, 0.2) is 18.2 Å². The van der Waals surface area contributed by atoms with Crippen molar-refractivity contribution < 1.29 is 14.5 Å². The fourth-order valence-electron chi connectivity index (χ4n) is 4.15. The molecule has 1 aromatic carbocycles. The van der Waals surface area contributed by atoms with Crippen molar-refractivity contribution in [2.45, 2.75) is 103 Å². The molecule has 0 atom stereocenters. The zero-order valence-corrected chi connectivity index (χ0v) is 20.7. The van der Waals surface area contributed by atoms with Gasteiger partial charge in [-0.25, -0.2) is 4.57 Å². The standard InChI is InChI=1S/C30H43NO2/c1-2-3-4-5-6-7-8-9-10-11-12-13-14-15-23-31-24-21-27(22-25-31)19-20-30(33)28-17-16-18-29(32)26-28/h16-22,24-26H,2-15,23H2,1H3/p+1/b20-19+. The molecule has 0 aliphatic rings. The van der Waals surface area contributed by atoms with E-state index in [1.165, 1.54) is 96.0 Å². The van der Waals surface area contributed by atoms with Crippen LogP contribution in [0.3, 0.4) is 0 Å². The summed E-state index contributed by atoms with van der Waals surface area (Å²) in [5.41, 5.74) is 1.50. The molecule has 3 nitrogen and oxygen atoms in total. The van der Waals surface area contributed by atoms with Crippen molar-refractivity contribution in [2.75, 3.05) is 0 Å². The van der Waals surface area contributed by atoms with Crippen molar-refractivity contribution in [3.05, 3.63) is 66.0 Å². The van der Waals surface area contributed by atoms with Crippen molar-refractivity contribution in [1.82, 2.24) is 0 Å². The maximum Gasteiger partial charge on any atom is 0.185 e. The maximum atomic E-state index is 12.2. The molecule has 0 saturated carbocycles. The third-order valence-electron chi connectivity index (χ3n) is 6.24. The molecular formula is C30H44NO2+. The number of ketones is 1.